The van der Waals surface area contributed by atoms with E-state index in [4.69, 9.17) is 4.74 Å². The van der Waals surface area contributed by atoms with E-state index in [-0.39, 0.29) is 5.97 Å². The lowest BCUT2D eigenvalue weighted by Crippen LogP contribution is -2.05. The standard InChI is InChI=1S/C50H98O2/c1-4-5-6-7-8-9-10-11-12-13-14-16-20-23-26-29-32-35-38-41-44-47-50(51)52-48-45-42-39-36-33-30-27-24-21-18-15-17-19-22-25-28-31-34-37-40-43-46-49(2)3/h11-12,49H,4-10,13-48H2,1-3H3. The van der Waals surface area contributed by atoms with E-state index in [2.05, 4.69) is 32.9 Å². The molecule has 0 fully saturated rings. The molecule has 0 aliphatic heterocycles. The average molecular weight is 731 g/mol. The Morgan fingerprint density at radius 1 is 0.385 bits per heavy atom. The molecule has 0 saturated carbocycles. The van der Waals surface area contributed by atoms with Gasteiger partial charge in [-0.05, 0) is 44.4 Å². The molecule has 0 aromatic heterocycles. The van der Waals surface area contributed by atoms with E-state index < -0.39 is 0 Å². The molecule has 310 valence electrons. The normalized spacial score (nSPS) is 11.8. The zero-order valence-electron chi connectivity index (χ0n) is 36.5. The molecule has 0 bridgehead atoms. The maximum atomic E-state index is 12.0. The molecule has 0 aliphatic carbocycles. The van der Waals surface area contributed by atoms with E-state index in [1.165, 1.54) is 250 Å². The van der Waals surface area contributed by atoms with Crippen LogP contribution in [0.3, 0.4) is 0 Å². The Morgan fingerprint density at radius 3 is 1.02 bits per heavy atom. The predicted octanol–water partition coefficient (Wildman–Crippen LogP) is 18.1. The Labute approximate surface area is 329 Å². The first-order valence-corrected chi connectivity index (χ1v) is 24.5. The van der Waals surface area contributed by atoms with Crippen LogP contribution >= 0.6 is 0 Å². The molecule has 0 N–H and O–H groups in total. The number of carbonyl (C=O) groups is 1. The molecular formula is C50H98O2. The van der Waals surface area contributed by atoms with Crippen LogP contribution in [-0.4, -0.2) is 12.6 Å². The molecule has 52 heavy (non-hydrogen) atoms. The van der Waals surface area contributed by atoms with Crippen LogP contribution in [0.2, 0.25) is 0 Å². The van der Waals surface area contributed by atoms with Crippen molar-refractivity contribution in [2.45, 2.75) is 290 Å². The highest BCUT2D eigenvalue weighted by molar-refractivity contribution is 5.69. The molecule has 0 saturated heterocycles. The number of rotatable bonds is 45. The summed E-state index contributed by atoms with van der Waals surface area (Å²) in [5.74, 6) is 0.913. The maximum Gasteiger partial charge on any atom is 0.305 e. The monoisotopic (exact) mass is 731 g/mol. The quantitative estimate of drug-likeness (QED) is 0.0354. The zero-order valence-corrected chi connectivity index (χ0v) is 36.5. The van der Waals surface area contributed by atoms with E-state index in [0.29, 0.717) is 13.0 Å². The lowest BCUT2D eigenvalue weighted by atomic mass is 10.0. The maximum absolute atomic E-state index is 12.0. The van der Waals surface area contributed by atoms with E-state index in [1.54, 1.807) is 0 Å². The van der Waals surface area contributed by atoms with Crippen molar-refractivity contribution in [3.8, 4) is 0 Å². The van der Waals surface area contributed by atoms with Gasteiger partial charge >= 0.3 is 5.97 Å². The Hall–Kier alpha value is -0.790. The third-order valence-corrected chi connectivity index (χ3v) is 11.3. The fourth-order valence-corrected chi connectivity index (χ4v) is 7.67. The van der Waals surface area contributed by atoms with Crippen molar-refractivity contribution in [2.75, 3.05) is 6.61 Å². The van der Waals surface area contributed by atoms with Gasteiger partial charge in [-0.2, -0.15) is 0 Å². The summed E-state index contributed by atoms with van der Waals surface area (Å²) in [6.45, 7) is 7.61. The topological polar surface area (TPSA) is 26.3 Å². The molecule has 0 aliphatic rings. The average Bonchev–Trinajstić information content (AvgIpc) is 3.13. The number of carbonyl (C=O) groups excluding carboxylic acids is 1. The number of hydrogen-bond donors (Lipinski definition) is 0. The first kappa shape index (κ1) is 51.2. The van der Waals surface area contributed by atoms with E-state index in [0.717, 1.165) is 18.8 Å². The third-order valence-electron chi connectivity index (χ3n) is 11.3. The van der Waals surface area contributed by atoms with Gasteiger partial charge in [0.2, 0.25) is 0 Å². The number of ether oxygens (including phenoxy) is 1. The van der Waals surface area contributed by atoms with Gasteiger partial charge < -0.3 is 4.74 Å². The van der Waals surface area contributed by atoms with Crippen molar-refractivity contribution in [3.63, 3.8) is 0 Å². The summed E-state index contributed by atoms with van der Waals surface area (Å²) in [5.41, 5.74) is 0. The highest BCUT2D eigenvalue weighted by Gasteiger charge is 2.03. The molecule has 0 aromatic carbocycles. The van der Waals surface area contributed by atoms with Gasteiger partial charge in [-0.15, -0.1) is 0 Å². The number of hydrogen-bond acceptors (Lipinski definition) is 2. The van der Waals surface area contributed by atoms with Gasteiger partial charge in [-0.3, -0.25) is 4.79 Å². The molecular weight excluding hydrogens is 633 g/mol. The second kappa shape index (κ2) is 46.4. The number of allylic oxidation sites excluding steroid dienone is 2. The van der Waals surface area contributed by atoms with Gasteiger partial charge in [0, 0.05) is 6.42 Å². The SMILES string of the molecule is CCCCCCCCC=CCCCCCCCCCCCCCC(=O)OCCCCCCCCCCCCCCCCCCCCCCCC(C)C. The number of esters is 1. The zero-order chi connectivity index (χ0) is 37.7. The smallest absolute Gasteiger partial charge is 0.305 e. The molecule has 0 radical (unpaired) electrons. The summed E-state index contributed by atoms with van der Waals surface area (Å²) >= 11 is 0. The second-order valence-electron chi connectivity index (χ2n) is 17.3. The Kier molecular flexibility index (Phi) is 45.7. The lowest BCUT2D eigenvalue weighted by molar-refractivity contribution is -0.143. The van der Waals surface area contributed by atoms with Crippen LogP contribution < -0.4 is 0 Å². The highest BCUT2D eigenvalue weighted by Crippen LogP contribution is 2.17. The summed E-state index contributed by atoms with van der Waals surface area (Å²) in [7, 11) is 0. The Balaban J connectivity index is 3.17. The summed E-state index contributed by atoms with van der Waals surface area (Å²) in [6.07, 6.45) is 61.9. The summed E-state index contributed by atoms with van der Waals surface area (Å²) in [6, 6.07) is 0. The van der Waals surface area contributed by atoms with Crippen LogP contribution in [0.5, 0.6) is 0 Å². The molecule has 2 heteroatoms. The molecule has 0 rings (SSSR count). The molecule has 0 atom stereocenters. The van der Waals surface area contributed by atoms with Gasteiger partial charge in [0.1, 0.15) is 0 Å². The first-order chi connectivity index (χ1) is 25.7. The molecule has 0 amide bonds. The van der Waals surface area contributed by atoms with E-state index >= 15 is 0 Å². The van der Waals surface area contributed by atoms with Crippen LogP contribution in [0, 0.1) is 5.92 Å². The van der Waals surface area contributed by atoms with Gasteiger partial charge in [0.15, 0.2) is 0 Å². The minimum Gasteiger partial charge on any atom is -0.466 e. The number of unbranched alkanes of at least 4 members (excludes halogenated alkanes) is 37. The molecule has 0 unspecified atom stereocenters. The predicted molar refractivity (Wildman–Crippen MR) is 235 cm³/mol. The van der Waals surface area contributed by atoms with Gasteiger partial charge in [0.25, 0.3) is 0 Å². The summed E-state index contributed by atoms with van der Waals surface area (Å²) < 4.78 is 5.49. The van der Waals surface area contributed by atoms with E-state index in [1.807, 2.05) is 0 Å². The van der Waals surface area contributed by atoms with Crippen molar-refractivity contribution in [2.24, 2.45) is 5.92 Å². The van der Waals surface area contributed by atoms with Crippen molar-refractivity contribution in [1.82, 2.24) is 0 Å². The van der Waals surface area contributed by atoms with Crippen LogP contribution in [0.15, 0.2) is 12.2 Å². The van der Waals surface area contributed by atoms with Crippen LogP contribution in [0.4, 0.5) is 0 Å². The van der Waals surface area contributed by atoms with Crippen LogP contribution in [0.25, 0.3) is 0 Å². The largest absolute Gasteiger partial charge is 0.466 e. The van der Waals surface area contributed by atoms with Gasteiger partial charge in [-0.25, -0.2) is 0 Å². The molecule has 0 heterocycles. The van der Waals surface area contributed by atoms with Gasteiger partial charge in [-0.1, -0.05) is 258 Å². The molecule has 0 spiro atoms. The summed E-state index contributed by atoms with van der Waals surface area (Å²) in [4.78, 5) is 12.0. The minimum absolute atomic E-state index is 0.0295. The minimum atomic E-state index is 0.0295. The lowest BCUT2D eigenvalue weighted by Gasteiger charge is -2.06. The van der Waals surface area contributed by atoms with Crippen molar-refractivity contribution < 1.29 is 9.53 Å². The van der Waals surface area contributed by atoms with Crippen LogP contribution in [0.1, 0.15) is 290 Å². The molecule has 0 aromatic rings. The third kappa shape index (κ3) is 47.2. The highest BCUT2D eigenvalue weighted by atomic mass is 16.5. The van der Waals surface area contributed by atoms with E-state index in [9.17, 15) is 4.79 Å². The molecule has 2 nitrogen and oxygen atoms in total. The van der Waals surface area contributed by atoms with Crippen molar-refractivity contribution in [1.29, 1.82) is 0 Å². The Morgan fingerprint density at radius 2 is 0.673 bits per heavy atom. The fourth-order valence-electron chi connectivity index (χ4n) is 7.67. The van der Waals surface area contributed by atoms with Gasteiger partial charge in [0.05, 0.1) is 6.61 Å². The first-order valence-electron chi connectivity index (χ1n) is 24.5. The van der Waals surface area contributed by atoms with Crippen molar-refractivity contribution >= 4 is 5.97 Å². The van der Waals surface area contributed by atoms with Crippen molar-refractivity contribution in [3.05, 3.63) is 12.2 Å². The Bertz CT molecular complexity index is 682. The fraction of sp³-hybridized carbons (Fsp3) is 0.940. The van der Waals surface area contributed by atoms with Crippen LogP contribution in [-0.2, 0) is 9.53 Å². The second-order valence-corrected chi connectivity index (χ2v) is 17.3. The summed E-state index contributed by atoms with van der Waals surface area (Å²) in [5, 5.41) is 0.